The van der Waals surface area contributed by atoms with E-state index >= 15 is 0 Å². The highest BCUT2D eigenvalue weighted by molar-refractivity contribution is 7.10. The van der Waals surface area contributed by atoms with E-state index in [1.54, 1.807) is 6.07 Å². The number of aromatic nitrogens is 4. The number of hydrogen-bond donors (Lipinski definition) is 1. The van der Waals surface area contributed by atoms with Crippen LogP contribution in [0.2, 0.25) is 5.02 Å². The van der Waals surface area contributed by atoms with Crippen LogP contribution >= 0.6 is 34.7 Å². The maximum Gasteiger partial charge on any atom is 0.239 e. The van der Waals surface area contributed by atoms with E-state index in [1.165, 1.54) is 85.7 Å². The maximum absolute atomic E-state index is 13.3. The van der Waals surface area contributed by atoms with Gasteiger partial charge in [-0.05, 0) is 73.9 Å². The van der Waals surface area contributed by atoms with Crippen molar-refractivity contribution in [2.24, 2.45) is 0 Å². The highest BCUT2D eigenvalue weighted by Crippen LogP contribution is 2.31. The van der Waals surface area contributed by atoms with Crippen LogP contribution in [0.1, 0.15) is 56.1 Å². The second kappa shape index (κ2) is 18.4. The van der Waals surface area contributed by atoms with Crippen molar-refractivity contribution in [2.75, 3.05) is 92.5 Å². The first kappa shape index (κ1) is 38.1. The highest BCUT2D eigenvalue weighted by atomic mass is 35.5. The summed E-state index contributed by atoms with van der Waals surface area (Å²) in [5.41, 5.74) is 2.19. The van der Waals surface area contributed by atoms with Crippen molar-refractivity contribution in [3.05, 3.63) is 70.2 Å². The lowest BCUT2D eigenvalue weighted by Gasteiger charge is -2.34. The number of nitrogens with zero attached hydrogens (tertiary/aromatic N) is 9. The molecule has 2 aliphatic carbocycles. The van der Waals surface area contributed by atoms with Gasteiger partial charge < -0.3 is 20.0 Å². The number of hydrogen-bond acceptors (Lipinski definition) is 12. The Balaban J connectivity index is 0.000000164. The number of rotatable bonds is 12. The van der Waals surface area contributed by atoms with Crippen molar-refractivity contribution in [2.45, 2.75) is 69.9 Å². The second-order valence-corrected chi connectivity index (χ2v) is 16.5. The summed E-state index contributed by atoms with van der Waals surface area (Å²) in [6.07, 6.45) is 10.8. The molecule has 2 aromatic carbocycles. The molecule has 2 aromatic heterocycles. The predicted octanol–water partition coefficient (Wildman–Crippen LogP) is 7.08. The Morgan fingerprint density at radius 1 is 0.717 bits per heavy atom. The zero-order chi connectivity index (χ0) is 36.6. The molecule has 1 N–H and O–H groups in total. The lowest BCUT2D eigenvalue weighted by molar-refractivity contribution is 0.261. The second-order valence-electron chi connectivity index (χ2n) is 14.6. The van der Waals surface area contributed by atoms with E-state index in [9.17, 15) is 8.78 Å². The molecule has 0 bridgehead atoms. The summed E-state index contributed by atoms with van der Waals surface area (Å²) >= 11 is 8.96. The topological polar surface area (TPSA) is 79.8 Å². The third kappa shape index (κ3) is 11.0. The minimum absolute atomic E-state index is 0.561. The maximum atomic E-state index is 13.3. The van der Waals surface area contributed by atoms with Crippen molar-refractivity contribution < 1.29 is 8.78 Å². The fourth-order valence-corrected chi connectivity index (χ4v) is 8.75. The van der Waals surface area contributed by atoms with Crippen LogP contribution in [0.15, 0.2) is 42.5 Å². The van der Waals surface area contributed by atoms with Crippen molar-refractivity contribution in [1.29, 1.82) is 0 Å². The van der Waals surface area contributed by atoms with Gasteiger partial charge in [0.1, 0.15) is 0 Å². The van der Waals surface area contributed by atoms with Gasteiger partial charge in [0.15, 0.2) is 11.6 Å². The molecule has 10 nitrogen and oxygen atoms in total. The fourth-order valence-electron chi connectivity index (χ4n) is 7.18. The van der Waals surface area contributed by atoms with Gasteiger partial charge >= 0.3 is 0 Å². The van der Waals surface area contributed by atoms with Gasteiger partial charge in [0.2, 0.25) is 22.2 Å². The molecule has 0 amide bonds. The zero-order valence-electron chi connectivity index (χ0n) is 30.6. The molecule has 4 heterocycles. The molecule has 2 saturated heterocycles. The van der Waals surface area contributed by atoms with E-state index in [0.29, 0.717) is 12.1 Å². The molecule has 4 fully saturated rings. The van der Waals surface area contributed by atoms with Crippen molar-refractivity contribution in [3.63, 3.8) is 0 Å². The third-order valence-corrected chi connectivity index (χ3v) is 12.6. The fraction of sp³-hybridized carbons (Fsp3) is 0.579. The van der Waals surface area contributed by atoms with Crippen LogP contribution in [-0.2, 0) is 12.8 Å². The average molecular weight is 785 g/mol. The van der Waals surface area contributed by atoms with Gasteiger partial charge in [0.05, 0.1) is 0 Å². The first-order valence-electron chi connectivity index (χ1n) is 19.2. The van der Waals surface area contributed by atoms with Gasteiger partial charge in [-0.1, -0.05) is 49.1 Å². The van der Waals surface area contributed by atoms with Crippen LogP contribution in [0.25, 0.3) is 0 Å². The van der Waals surface area contributed by atoms with Gasteiger partial charge in [0.25, 0.3) is 0 Å². The van der Waals surface area contributed by atoms with E-state index in [4.69, 9.17) is 21.6 Å². The molecule has 53 heavy (non-hydrogen) atoms. The lowest BCUT2D eigenvalue weighted by atomic mass is 9.96. The van der Waals surface area contributed by atoms with Crippen LogP contribution in [0.4, 0.5) is 30.9 Å². The molecule has 0 atom stereocenters. The molecular formula is C38H51ClF2N10S2. The minimum Gasteiger partial charge on any atom is -0.351 e. The zero-order valence-corrected chi connectivity index (χ0v) is 33.0. The van der Waals surface area contributed by atoms with Gasteiger partial charge in [0, 0.05) is 113 Å². The molecule has 0 radical (unpaired) electrons. The molecule has 2 aliphatic heterocycles. The standard InChI is InChI=1S/C20H28ClN5S.C18H23F2N5S/c21-17-8-6-16(7-9-17)10-11-25-12-14-26(15-13-25)20-23-19(24-27-20)22-18-4-2-1-3-5-18;1-23(14-3-4-14)17-21-18(26-22-17)25-10-8-24(9-11-25)7-6-13-2-5-15(19)16(20)12-13/h6-9,18H,1-5,10-15H2,(H,22,24);2,5,12,14H,3-4,6-11H2,1H3. The Morgan fingerprint density at radius 3 is 1.92 bits per heavy atom. The lowest BCUT2D eigenvalue weighted by Crippen LogP contribution is -2.47. The molecule has 2 saturated carbocycles. The first-order chi connectivity index (χ1) is 25.9. The Hall–Kier alpha value is -3.17. The van der Waals surface area contributed by atoms with E-state index in [1.807, 2.05) is 12.1 Å². The highest BCUT2D eigenvalue weighted by Gasteiger charge is 2.29. The molecule has 0 spiro atoms. The number of piperazine rings is 2. The third-order valence-electron chi connectivity index (χ3n) is 10.8. The summed E-state index contributed by atoms with van der Waals surface area (Å²) in [5.74, 6) is 0.113. The van der Waals surface area contributed by atoms with E-state index in [2.05, 4.69) is 57.7 Å². The van der Waals surface area contributed by atoms with Gasteiger partial charge in [-0.2, -0.15) is 18.7 Å². The molecular weight excluding hydrogens is 734 g/mol. The van der Waals surface area contributed by atoms with Crippen molar-refractivity contribution in [3.8, 4) is 0 Å². The summed E-state index contributed by atoms with van der Waals surface area (Å²) in [4.78, 5) is 21.2. The Kier molecular flexibility index (Phi) is 13.3. The van der Waals surface area contributed by atoms with E-state index < -0.39 is 11.6 Å². The Bertz CT molecular complexity index is 1720. The van der Waals surface area contributed by atoms with Crippen LogP contribution in [0, 0.1) is 11.6 Å². The molecule has 286 valence electrons. The first-order valence-corrected chi connectivity index (χ1v) is 21.1. The van der Waals surface area contributed by atoms with Crippen LogP contribution < -0.4 is 20.0 Å². The van der Waals surface area contributed by atoms with Gasteiger partial charge in [-0.3, -0.25) is 9.80 Å². The van der Waals surface area contributed by atoms with E-state index in [-0.39, 0.29) is 0 Å². The smallest absolute Gasteiger partial charge is 0.239 e. The number of halogens is 3. The minimum atomic E-state index is -0.786. The number of anilines is 4. The summed E-state index contributed by atoms with van der Waals surface area (Å²) in [7, 11) is 2.07. The summed E-state index contributed by atoms with van der Waals surface area (Å²) < 4.78 is 35.3. The van der Waals surface area contributed by atoms with Gasteiger partial charge in [-0.25, -0.2) is 8.78 Å². The average Bonchev–Trinajstić information content (AvgIpc) is 3.74. The molecule has 4 aliphatic rings. The molecule has 0 unspecified atom stereocenters. The Morgan fingerprint density at radius 2 is 1.30 bits per heavy atom. The van der Waals surface area contributed by atoms with Crippen LogP contribution in [0.3, 0.4) is 0 Å². The normalized spacial score (nSPS) is 18.9. The number of benzene rings is 2. The molecule has 15 heteroatoms. The monoisotopic (exact) mass is 784 g/mol. The summed E-state index contributed by atoms with van der Waals surface area (Å²) in [6.45, 7) is 9.88. The summed E-state index contributed by atoms with van der Waals surface area (Å²) in [6, 6.07) is 13.5. The van der Waals surface area contributed by atoms with E-state index in [0.717, 1.165) is 111 Å². The van der Waals surface area contributed by atoms with Crippen LogP contribution in [-0.4, -0.2) is 113 Å². The molecule has 4 aromatic rings. The SMILES string of the molecule is CN(c1nsc(N2CCN(CCc3ccc(F)c(F)c3)CC2)n1)C1CC1.Clc1ccc(CCN2CCN(c3nc(NC4CCCCC4)ns3)CC2)cc1. The van der Waals surface area contributed by atoms with Gasteiger partial charge in [-0.15, -0.1) is 0 Å². The van der Waals surface area contributed by atoms with Crippen molar-refractivity contribution in [1.82, 2.24) is 28.5 Å². The predicted molar refractivity (Wildman–Crippen MR) is 214 cm³/mol. The van der Waals surface area contributed by atoms with Crippen molar-refractivity contribution >= 4 is 56.8 Å². The van der Waals surface area contributed by atoms with Crippen LogP contribution in [0.5, 0.6) is 0 Å². The number of nitrogens with one attached hydrogen (secondary N) is 1. The summed E-state index contributed by atoms with van der Waals surface area (Å²) in [5, 5.41) is 6.39. The Labute approximate surface area is 325 Å². The largest absolute Gasteiger partial charge is 0.351 e. The molecule has 8 rings (SSSR count). The quantitative estimate of drug-likeness (QED) is 0.161.